The van der Waals surface area contributed by atoms with Gasteiger partial charge in [-0.25, -0.2) is 4.79 Å². The van der Waals surface area contributed by atoms with E-state index in [0.29, 0.717) is 13.1 Å². The van der Waals surface area contributed by atoms with Crippen LogP contribution in [0, 0.1) is 5.92 Å². The molecule has 178 valence electrons. The zero-order valence-corrected chi connectivity index (χ0v) is 20.8. The molecule has 2 atom stereocenters. The number of hydrogen-bond acceptors (Lipinski definition) is 5. The van der Waals surface area contributed by atoms with Gasteiger partial charge in [0.1, 0.15) is 5.60 Å². The minimum atomic E-state index is -0.568. The van der Waals surface area contributed by atoms with Crippen LogP contribution >= 0.6 is 0 Å². The molecule has 0 unspecified atom stereocenters. The van der Waals surface area contributed by atoms with Crippen molar-refractivity contribution in [1.82, 2.24) is 14.7 Å². The van der Waals surface area contributed by atoms with Gasteiger partial charge in [-0.1, -0.05) is 26.0 Å². The second kappa shape index (κ2) is 9.69. The predicted octanol–water partition coefficient (Wildman–Crippen LogP) is 3.60. The van der Waals surface area contributed by atoms with Crippen molar-refractivity contribution in [3.8, 4) is 0 Å². The SMILES string of the molecule is CC(C)C(=O)N1C[C@H](c2ccc(N3CCN(C)CC3)cc2)N(C(=O)OC(C)(C)C)C[C@H]1C. The number of carbonyl (C=O) groups is 2. The van der Waals surface area contributed by atoms with Crippen LogP contribution in [0.25, 0.3) is 0 Å². The third-order valence-electron chi connectivity index (χ3n) is 6.29. The van der Waals surface area contributed by atoms with Gasteiger partial charge >= 0.3 is 6.09 Å². The third kappa shape index (κ3) is 5.74. The van der Waals surface area contributed by atoms with Gasteiger partial charge in [-0.2, -0.15) is 0 Å². The lowest BCUT2D eigenvalue weighted by Crippen LogP contribution is -2.58. The van der Waals surface area contributed by atoms with Crippen LogP contribution in [-0.4, -0.2) is 84.7 Å². The maximum atomic E-state index is 13.1. The highest BCUT2D eigenvalue weighted by atomic mass is 16.6. The summed E-state index contributed by atoms with van der Waals surface area (Å²) in [6.45, 7) is 16.6. The van der Waals surface area contributed by atoms with Crippen molar-refractivity contribution in [2.45, 2.75) is 59.2 Å². The van der Waals surface area contributed by atoms with Crippen molar-refractivity contribution in [2.24, 2.45) is 5.92 Å². The van der Waals surface area contributed by atoms with Gasteiger partial charge in [0.2, 0.25) is 5.91 Å². The zero-order valence-electron chi connectivity index (χ0n) is 20.8. The smallest absolute Gasteiger partial charge is 0.410 e. The summed E-state index contributed by atoms with van der Waals surface area (Å²) in [6, 6.07) is 8.19. The molecule has 2 amide bonds. The number of benzene rings is 1. The molecule has 0 spiro atoms. The topological polar surface area (TPSA) is 56.3 Å². The van der Waals surface area contributed by atoms with Crippen LogP contribution in [0.1, 0.15) is 53.1 Å². The Balaban J connectivity index is 1.85. The predicted molar refractivity (Wildman–Crippen MR) is 128 cm³/mol. The Morgan fingerprint density at radius 3 is 2.09 bits per heavy atom. The van der Waals surface area contributed by atoms with Gasteiger partial charge in [0.05, 0.1) is 6.04 Å². The number of ether oxygens (including phenoxy) is 1. The summed E-state index contributed by atoms with van der Waals surface area (Å²) in [5, 5.41) is 0. The average molecular weight is 445 g/mol. The Kier molecular flexibility index (Phi) is 7.38. The molecule has 2 aliphatic rings. The first-order chi connectivity index (χ1) is 15.0. The van der Waals surface area contributed by atoms with E-state index in [2.05, 4.69) is 41.1 Å². The summed E-state index contributed by atoms with van der Waals surface area (Å²) in [6.07, 6.45) is -0.325. The summed E-state index contributed by atoms with van der Waals surface area (Å²) in [5.41, 5.74) is 1.66. The molecule has 0 radical (unpaired) electrons. The molecular weight excluding hydrogens is 404 g/mol. The van der Waals surface area contributed by atoms with Crippen molar-refractivity contribution >= 4 is 17.7 Å². The van der Waals surface area contributed by atoms with E-state index < -0.39 is 5.60 Å². The lowest BCUT2D eigenvalue weighted by molar-refractivity contribution is -0.140. The number of nitrogens with zero attached hydrogens (tertiary/aromatic N) is 4. The quantitative estimate of drug-likeness (QED) is 0.713. The maximum absolute atomic E-state index is 13.1. The summed E-state index contributed by atoms with van der Waals surface area (Å²) in [5.74, 6) is 0.0474. The molecule has 0 saturated carbocycles. The van der Waals surface area contributed by atoms with Gasteiger partial charge in [-0.3, -0.25) is 9.69 Å². The highest BCUT2D eigenvalue weighted by Gasteiger charge is 2.39. The first-order valence-electron chi connectivity index (χ1n) is 11.8. The molecule has 7 heteroatoms. The Bertz CT molecular complexity index is 794. The second-order valence-electron chi connectivity index (χ2n) is 10.5. The van der Waals surface area contributed by atoms with Gasteiger partial charge in [-0.15, -0.1) is 0 Å². The summed E-state index contributed by atoms with van der Waals surface area (Å²) in [4.78, 5) is 34.4. The average Bonchev–Trinajstić information content (AvgIpc) is 2.72. The van der Waals surface area contributed by atoms with E-state index >= 15 is 0 Å². The molecule has 0 N–H and O–H groups in total. The highest BCUT2D eigenvalue weighted by Crippen LogP contribution is 2.32. The first-order valence-corrected chi connectivity index (χ1v) is 11.8. The number of anilines is 1. The maximum Gasteiger partial charge on any atom is 0.410 e. The molecule has 2 fully saturated rings. The van der Waals surface area contributed by atoms with Crippen molar-refractivity contribution in [3.05, 3.63) is 29.8 Å². The fraction of sp³-hybridized carbons (Fsp3) is 0.680. The summed E-state index contributed by atoms with van der Waals surface area (Å²) >= 11 is 0. The number of rotatable bonds is 3. The van der Waals surface area contributed by atoms with Crippen LogP contribution in [0.2, 0.25) is 0 Å². The Morgan fingerprint density at radius 2 is 1.56 bits per heavy atom. The number of likely N-dealkylation sites (N-methyl/N-ethyl adjacent to an activating group) is 1. The van der Waals surface area contributed by atoms with Crippen LogP contribution < -0.4 is 4.90 Å². The van der Waals surface area contributed by atoms with E-state index in [0.717, 1.165) is 31.7 Å². The van der Waals surface area contributed by atoms with Gasteiger partial charge in [0.25, 0.3) is 0 Å². The van der Waals surface area contributed by atoms with Crippen molar-refractivity contribution in [1.29, 1.82) is 0 Å². The Morgan fingerprint density at radius 1 is 0.969 bits per heavy atom. The number of hydrogen-bond donors (Lipinski definition) is 0. The normalized spacial score (nSPS) is 22.9. The molecule has 2 saturated heterocycles. The van der Waals surface area contributed by atoms with Crippen molar-refractivity contribution in [2.75, 3.05) is 51.2 Å². The number of amides is 2. The van der Waals surface area contributed by atoms with E-state index in [4.69, 9.17) is 4.74 Å². The summed E-state index contributed by atoms with van der Waals surface area (Å²) < 4.78 is 5.72. The zero-order chi connectivity index (χ0) is 23.6. The third-order valence-corrected chi connectivity index (χ3v) is 6.29. The van der Waals surface area contributed by atoms with Crippen LogP contribution in [0.5, 0.6) is 0 Å². The Labute approximate surface area is 193 Å². The Hall–Kier alpha value is -2.28. The molecule has 3 rings (SSSR count). The van der Waals surface area contributed by atoms with E-state index in [1.165, 1.54) is 5.69 Å². The van der Waals surface area contributed by atoms with Crippen LogP contribution in [0.4, 0.5) is 10.5 Å². The van der Waals surface area contributed by atoms with E-state index in [1.54, 1.807) is 4.90 Å². The largest absolute Gasteiger partial charge is 0.444 e. The highest BCUT2D eigenvalue weighted by molar-refractivity contribution is 5.79. The van der Waals surface area contributed by atoms with Gasteiger partial charge in [0, 0.05) is 56.9 Å². The van der Waals surface area contributed by atoms with E-state index in [9.17, 15) is 9.59 Å². The minimum Gasteiger partial charge on any atom is -0.444 e. The molecule has 32 heavy (non-hydrogen) atoms. The molecule has 7 nitrogen and oxygen atoms in total. The monoisotopic (exact) mass is 444 g/mol. The number of piperazine rings is 2. The lowest BCUT2D eigenvalue weighted by atomic mass is 9.98. The molecule has 1 aromatic rings. The van der Waals surface area contributed by atoms with E-state index in [1.807, 2.05) is 46.4 Å². The minimum absolute atomic E-state index is 0.0571. The molecule has 0 bridgehead atoms. The summed E-state index contributed by atoms with van der Waals surface area (Å²) in [7, 11) is 2.15. The standard InChI is InChI=1S/C25H40N4O3/c1-18(2)23(30)28-17-22(29(16-19(28)3)24(31)32-25(4,5)6)20-8-10-21(11-9-20)27-14-12-26(7)13-15-27/h8-11,18-19,22H,12-17H2,1-7H3/t19-,22-/m1/s1. The van der Waals surface area contributed by atoms with Gasteiger partial charge in [0.15, 0.2) is 0 Å². The van der Waals surface area contributed by atoms with Gasteiger partial charge < -0.3 is 19.4 Å². The fourth-order valence-electron chi connectivity index (χ4n) is 4.39. The molecular formula is C25H40N4O3. The number of carbonyl (C=O) groups excluding carboxylic acids is 2. The molecule has 1 aromatic carbocycles. The molecule has 2 heterocycles. The molecule has 0 aromatic heterocycles. The molecule has 2 aliphatic heterocycles. The molecule has 0 aliphatic carbocycles. The van der Waals surface area contributed by atoms with E-state index in [-0.39, 0.29) is 30.0 Å². The van der Waals surface area contributed by atoms with Crippen molar-refractivity contribution < 1.29 is 14.3 Å². The van der Waals surface area contributed by atoms with Crippen LogP contribution in [-0.2, 0) is 9.53 Å². The van der Waals surface area contributed by atoms with Crippen molar-refractivity contribution in [3.63, 3.8) is 0 Å². The van der Waals surface area contributed by atoms with Crippen LogP contribution in [0.3, 0.4) is 0 Å². The van der Waals surface area contributed by atoms with Crippen LogP contribution in [0.15, 0.2) is 24.3 Å². The second-order valence-corrected chi connectivity index (χ2v) is 10.5. The first kappa shape index (κ1) is 24.4. The fourth-order valence-corrected chi connectivity index (χ4v) is 4.39. The van der Waals surface area contributed by atoms with Gasteiger partial charge in [-0.05, 0) is 52.4 Å². The lowest BCUT2D eigenvalue weighted by Gasteiger charge is -2.46.